The van der Waals surface area contributed by atoms with Crippen molar-refractivity contribution in [2.24, 2.45) is 0 Å². The summed E-state index contributed by atoms with van der Waals surface area (Å²) in [6.45, 7) is 1.35. The standard InChI is InChI=1S/C19H20N2O4S/c1-26(24,25)17-10-8-16(9-11-17)20-19(23)15-6-4-14(5-7-15)13-21-12-2-3-18(21)22/h4-11H,2-3,12-13H2,1H3,(H,20,23). The first kappa shape index (κ1) is 18.1. The minimum absolute atomic E-state index is 0.171. The number of sulfone groups is 1. The van der Waals surface area contributed by atoms with Crippen molar-refractivity contribution >= 4 is 27.3 Å². The SMILES string of the molecule is CS(=O)(=O)c1ccc(NC(=O)c2ccc(CN3CCCC3=O)cc2)cc1. The molecular formula is C19H20N2O4S. The van der Waals surface area contributed by atoms with Crippen LogP contribution < -0.4 is 5.32 Å². The summed E-state index contributed by atoms with van der Waals surface area (Å²) in [4.78, 5) is 26.0. The summed E-state index contributed by atoms with van der Waals surface area (Å²) in [5, 5.41) is 2.74. The molecule has 1 saturated heterocycles. The van der Waals surface area contributed by atoms with Crippen molar-refractivity contribution < 1.29 is 18.0 Å². The van der Waals surface area contributed by atoms with Gasteiger partial charge >= 0.3 is 0 Å². The molecule has 0 unspecified atom stereocenters. The first-order valence-corrected chi connectivity index (χ1v) is 10.2. The highest BCUT2D eigenvalue weighted by atomic mass is 32.2. The highest BCUT2D eigenvalue weighted by molar-refractivity contribution is 7.90. The van der Waals surface area contributed by atoms with Gasteiger partial charge in [0.05, 0.1) is 4.90 Å². The lowest BCUT2D eigenvalue weighted by Gasteiger charge is -2.15. The van der Waals surface area contributed by atoms with E-state index in [-0.39, 0.29) is 16.7 Å². The molecule has 0 aliphatic carbocycles. The Morgan fingerprint density at radius 2 is 1.73 bits per heavy atom. The molecule has 6 nitrogen and oxygen atoms in total. The lowest BCUT2D eigenvalue weighted by atomic mass is 10.1. The van der Waals surface area contributed by atoms with Gasteiger partial charge in [0.25, 0.3) is 5.91 Å². The third-order valence-corrected chi connectivity index (χ3v) is 5.43. The van der Waals surface area contributed by atoms with E-state index in [0.29, 0.717) is 24.2 Å². The quantitative estimate of drug-likeness (QED) is 0.874. The molecule has 7 heteroatoms. The van der Waals surface area contributed by atoms with Gasteiger partial charge in [-0.3, -0.25) is 9.59 Å². The van der Waals surface area contributed by atoms with E-state index in [1.807, 2.05) is 17.0 Å². The fourth-order valence-corrected chi connectivity index (χ4v) is 3.47. The first-order valence-electron chi connectivity index (χ1n) is 8.31. The summed E-state index contributed by atoms with van der Waals surface area (Å²) >= 11 is 0. The van der Waals surface area contributed by atoms with Crippen LogP contribution in [0.25, 0.3) is 0 Å². The molecule has 136 valence electrons. The number of amides is 2. The average Bonchev–Trinajstić information content (AvgIpc) is 3.00. The van der Waals surface area contributed by atoms with Gasteiger partial charge in [0, 0.05) is 37.0 Å². The molecule has 2 aromatic carbocycles. The van der Waals surface area contributed by atoms with Gasteiger partial charge in [0.2, 0.25) is 5.91 Å². The third kappa shape index (κ3) is 4.29. The van der Waals surface area contributed by atoms with E-state index in [9.17, 15) is 18.0 Å². The van der Waals surface area contributed by atoms with Crippen LogP contribution >= 0.6 is 0 Å². The molecule has 1 fully saturated rings. The largest absolute Gasteiger partial charge is 0.338 e. The van der Waals surface area contributed by atoms with E-state index in [1.54, 1.807) is 24.3 Å². The van der Waals surface area contributed by atoms with Crippen molar-refractivity contribution in [1.29, 1.82) is 0 Å². The number of benzene rings is 2. The second kappa shape index (κ2) is 7.29. The van der Waals surface area contributed by atoms with Gasteiger partial charge < -0.3 is 10.2 Å². The number of anilines is 1. The lowest BCUT2D eigenvalue weighted by Crippen LogP contribution is -2.23. The molecule has 0 saturated carbocycles. The Hall–Kier alpha value is -2.67. The zero-order valence-corrected chi connectivity index (χ0v) is 15.3. The van der Waals surface area contributed by atoms with E-state index in [2.05, 4.69) is 5.32 Å². The predicted octanol–water partition coefficient (Wildman–Crippen LogP) is 2.46. The van der Waals surface area contributed by atoms with E-state index in [1.165, 1.54) is 12.1 Å². The van der Waals surface area contributed by atoms with E-state index >= 15 is 0 Å². The van der Waals surface area contributed by atoms with E-state index in [4.69, 9.17) is 0 Å². The van der Waals surface area contributed by atoms with Gasteiger partial charge in [-0.15, -0.1) is 0 Å². The average molecular weight is 372 g/mol. The third-order valence-electron chi connectivity index (χ3n) is 4.30. The molecule has 1 heterocycles. The molecule has 1 aliphatic rings. The summed E-state index contributed by atoms with van der Waals surface area (Å²) in [5.74, 6) is -0.106. The maximum absolute atomic E-state index is 12.3. The Kier molecular flexibility index (Phi) is 5.08. The van der Waals surface area contributed by atoms with Gasteiger partial charge in [-0.1, -0.05) is 12.1 Å². The predicted molar refractivity (Wildman–Crippen MR) is 98.6 cm³/mol. The zero-order valence-electron chi connectivity index (χ0n) is 14.4. The summed E-state index contributed by atoms with van der Waals surface area (Å²) < 4.78 is 22.9. The van der Waals surface area contributed by atoms with Crippen molar-refractivity contribution in [2.75, 3.05) is 18.1 Å². The van der Waals surface area contributed by atoms with Crippen molar-refractivity contribution in [3.63, 3.8) is 0 Å². The fourth-order valence-electron chi connectivity index (χ4n) is 2.84. The number of hydrogen-bond acceptors (Lipinski definition) is 4. The Morgan fingerprint density at radius 1 is 1.08 bits per heavy atom. The molecule has 0 radical (unpaired) electrons. The monoisotopic (exact) mass is 372 g/mol. The molecule has 1 N–H and O–H groups in total. The minimum atomic E-state index is -3.26. The molecular weight excluding hydrogens is 352 g/mol. The van der Waals surface area contributed by atoms with E-state index in [0.717, 1.165) is 24.8 Å². The molecule has 3 rings (SSSR count). The van der Waals surface area contributed by atoms with Crippen LogP contribution in [0, 0.1) is 0 Å². The van der Waals surface area contributed by atoms with Crippen LogP contribution in [-0.2, 0) is 21.2 Å². The second-order valence-corrected chi connectivity index (χ2v) is 8.38. The van der Waals surface area contributed by atoms with Gasteiger partial charge in [0.15, 0.2) is 9.84 Å². The molecule has 0 aromatic heterocycles. The number of nitrogens with one attached hydrogen (secondary N) is 1. The van der Waals surface area contributed by atoms with Crippen molar-refractivity contribution in [3.8, 4) is 0 Å². The van der Waals surface area contributed by atoms with Crippen LogP contribution in [0.4, 0.5) is 5.69 Å². The maximum Gasteiger partial charge on any atom is 0.255 e. The van der Waals surface area contributed by atoms with Crippen molar-refractivity contribution in [3.05, 3.63) is 59.7 Å². The number of nitrogens with zero attached hydrogens (tertiary/aromatic N) is 1. The Morgan fingerprint density at radius 3 is 2.27 bits per heavy atom. The number of carbonyl (C=O) groups is 2. The van der Waals surface area contributed by atoms with Gasteiger partial charge in [-0.2, -0.15) is 0 Å². The second-order valence-electron chi connectivity index (χ2n) is 6.37. The molecule has 0 spiro atoms. The number of hydrogen-bond donors (Lipinski definition) is 1. The Balaban J connectivity index is 1.63. The molecule has 0 bridgehead atoms. The van der Waals surface area contributed by atoms with Gasteiger partial charge in [0.1, 0.15) is 0 Å². The van der Waals surface area contributed by atoms with Crippen LogP contribution in [0.1, 0.15) is 28.8 Å². The summed E-state index contributed by atoms with van der Waals surface area (Å²) in [7, 11) is -3.26. The van der Waals surface area contributed by atoms with Gasteiger partial charge in [-0.25, -0.2) is 8.42 Å². The number of rotatable bonds is 5. The molecule has 1 aliphatic heterocycles. The van der Waals surface area contributed by atoms with Gasteiger partial charge in [-0.05, 0) is 48.4 Å². The van der Waals surface area contributed by atoms with Crippen molar-refractivity contribution in [1.82, 2.24) is 4.90 Å². The van der Waals surface area contributed by atoms with E-state index < -0.39 is 9.84 Å². The first-order chi connectivity index (χ1) is 12.3. The topological polar surface area (TPSA) is 83.6 Å². The minimum Gasteiger partial charge on any atom is -0.338 e. The smallest absolute Gasteiger partial charge is 0.255 e. The van der Waals surface area contributed by atoms with Crippen LogP contribution in [-0.4, -0.2) is 37.9 Å². The van der Waals surface area contributed by atoms with Crippen LogP contribution in [0.15, 0.2) is 53.4 Å². The molecule has 2 amide bonds. The molecule has 0 atom stereocenters. The molecule has 2 aromatic rings. The Bertz CT molecular complexity index is 919. The normalized spacial score (nSPS) is 14.5. The lowest BCUT2D eigenvalue weighted by molar-refractivity contribution is -0.128. The highest BCUT2D eigenvalue weighted by Crippen LogP contribution is 2.17. The highest BCUT2D eigenvalue weighted by Gasteiger charge is 2.20. The Labute approximate surface area is 152 Å². The van der Waals surface area contributed by atoms with Crippen LogP contribution in [0.5, 0.6) is 0 Å². The summed E-state index contributed by atoms with van der Waals surface area (Å²) in [6, 6.07) is 13.2. The number of carbonyl (C=O) groups excluding carboxylic acids is 2. The summed E-state index contributed by atoms with van der Waals surface area (Å²) in [5.41, 5.74) is 2.00. The maximum atomic E-state index is 12.3. The zero-order chi connectivity index (χ0) is 18.7. The summed E-state index contributed by atoms with van der Waals surface area (Å²) in [6.07, 6.45) is 2.65. The van der Waals surface area contributed by atoms with Crippen LogP contribution in [0.3, 0.4) is 0 Å². The van der Waals surface area contributed by atoms with Crippen LogP contribution in [0.2, 0.25) is 0 Å². The number of likely N-dealkylation sites (tertiary alicyclic amines) is 1. The van der Waals surface area contributed by atoms with Crippen molar-refractivity contribution in [2.45, 2.75) is 24.3 Å². The fraction of sp³-hybridized carbons (Fsp3) is 0.263. The molecule has 26 heavy (non-hydrogen) atoms.